The molecule has 0 bridgehead atoms. The van der Waals surface area contributed by atoms with Gasteiger partial charge in [-0.25, -0.2) is 9.78 Å². The molecule has 2 N–H and O–H groups in total. The Morgan fingerprint density at radius 2 is 2.04 bits per heavy atom. The summed E-state index contributed by atoms with van der Waals surface area (Å²) in [7, 11) is 2.19. The summed E-state index contributed by atoms with van der Waals surface area (Å²) in [4.78, 5) is 21.1. The van der Waals surface area contributed by atoms with E-state index in [0.29, 0.717) is 16.9 Å². The molecule has 0 saturated carbocycles. The summed E-state index contributed by atoms with van der Waals surface area (Å²) in [5, 5.41) is 6.34. The summed E-state index contributed by atoms with van der Waals surface area (Å²) < 4.78 is 0. The maximum atomic E-state index is 12.2. The topological polar surface area (TPSA) is 60.5 Å². The lowest BCUT2D eigenvalue weighted by molar-refractivity contribution is 0.0900. The van der Waals surface area contributed by atoms with Crippen molar-refractivity contribution < 1.29 is 4.79 Å². The minimum absolute atomic E-state index is 0.172. The molecule has 24 heavy (non-hydrogen) atoms. The van der Waals surface area contributed by atoms with Crippen LogP contribution in [-0.4, -0.2) is 66.1 Å². The van der Waals surface area contributed by atoms with E-state index in [1.807, 2.05) is 0 Å². The molecule has 0 aliphatic carbocycles. The Bertz CT molecular complexity index is 544. The van der Waals surface area contributed by atoms with Gasteiger partial charge in [0.15, 0.2) is 0 Å². The van der Waals surface area contributed by atoms with Crippen molar-refractivity contribution in [2.45, 2.75) is 37.8 Å². The van der Waals surface area contributed by atoms with Gasteiger partial charge in [-0.2, -0.15) is 0 Å². The summed E-state index contributed by atoms with van der Waals surface area (Å²) in [6.07, 6.45) is 6.19. The molecule has 0 radical (unpaired) electrons. The van der Waals surface area contributed by atoms with Gasteiger partial charge in [-0.3, -0.25) is 4.90 Å². The lowest BCUT2D eigenvalue weighted by Gasteiger charge is -2.41. The number of carbonyl (C=O) groups is 1. The average molecular weight is 352 g/mol. The highest BCUT2D eigenvalue weighted by Crippen LogP contribution is 2.20. The number of rotatable bonds is 3. The van der Waals surface area contributed by atoms with E-state index in [0.717, 1.165) is 25.9 Å². The van der Waals surface area contributed by atoms with Crippen LogP contribution in [-0.2, 0) is 0 Å². The number of nitrogens with one attached hydrogen (secondary N) is 2. The minimum Gasteiger partial charge on any atom is -0.334 e. The van der Waals surface area contributed by atoms with Crippen molar-refractivity contribution >= 4 is 23.3 Å². The van der Waals surface area contributed by atoms with E-state index in [2.05, 4.69) is 32.5 Å². The number of anilines is 1. The van der Waals surface area contributed by atoms with Crippen molar-refractivity contribution in [3.05, 3.63) is 23.5 Å². The second-order valence-corrected chi connectivity index (χ2v) is 7.22. The van der Waals surface area contributed by atoms with Gasteiger partial charge in [0.2, 0.25) is 0 Å². The molecule has 2 aliphatic heterocycles. The van der Waals surface area contributed by atoms with E-state index in [9.17, 15) is 4.79 Å². The van der Waals surface area contributed by atoms with Gasteiger partial charge in [-0.05, 0) is 64.5 Å². The van der Waals surface area contributed by atoms with E-state index in [1.54, 1.807) is 18.3 Å². The molecule has 1 aromatic heterocycles. The first-order valence-corrected chi connectivity index (χ1v) is 9.09. The Hall–Kier alpha value is -1.37. The Balaban J connectivity index is 1.47. The Morgan fingerprint density at radius 1 is 1.25 bits per heavy atom. The second kappa shape index (κ2) is 8.14. The van der Waals surface area contributed by atoms with Crippen LogP contribution in [0.1, 0.15) is 25.7 Å². The van der Waals surface area contributed by atoms with Gasteiger partial charge in [0.1, 0.15) is 5.15 Å². The maximum absolute atomic E-state index is 12.2. The fourth-order valence-corrected chi connectivity index (χ4v) is 3.73. The van der Waals surface area contributed by atoms with Crippen LogP contribution in [0.2, 0.25) is 5.15 Å². The molecule has 3 rings (SSSR count). The van der Waals surface area contributed by atoms with Gasteiger partial charge >= 0.3 is 6.03 Å². The Labute approximate surface area is 148 Å². The molecule has 6 nitrogen and oxygen atoms in total. The number of aromatic nitrogens is 1. The van der Waals surface area contributed by atoms with E-state index < -0.39 is 0 Å². The number of likely N-dealkylation sites (tertiary alicyclic amines) is 2. The lowest BCUT2D eigenvalue weighted by Crippen LogP contribution is -2.53. The van der Waals surface area contributed by atoms with Crippen LogP contribution in [0.25, 0.3) is 0 Å². The molecule has 0 aromatic carbocycles. The predicted molar refractivity (Wildman–Crippen MR) is 96.5 cm³/mol. The van der Waals surface area contributed by atoms with Crippen LogP contribution < -0.4 is 10.6 Å². The first kappa shape index (κ1) is 17.5. The SMILES string of the molecule is CN1CCC(N2CCC[C@@H](NC(=O)Nc3ccc(Cl)nc3)C2)CC1. The predicted octanol–water partition coefficient (Wildman–Crippen LogP) is 2.42. The second-order valence-electron chi connectivity index (χ2n) is 6.84. The van der Waals surface area contributed by atoms with Crippen molar-refractivity contribution in [3.8, 4) is 0 Å². The van der Waals surface area contributed by atoms with Crippen LogP contribution >= 0.6 is 11.6 Å². The molecule has 0 spiro atoms. The van der Waals surface area contributed by atoms with Crippen LogP contribution in [0, 0.1) is 0 Å². The number of hydrogen-bond acceptors (Lipinski definition) is 4. The molecule has 2 amide bonds. The van der Waals surface area contributed by atoms with Gasteiger partial charge in [-0.15, -0.1) is 0 Å². The summed E-state index contributed by atoms with van der Waals surface area (Å²) >= 11 is 5.75. The Kier molecular flexibility index (Phi) is 5.92. The van der Waals surface area contributed by atoms with Gasteiger partial charge in [-0.1, -0.05) is 11.6 Å². The summed E-state index contributed by atoms with van der Waals surface area (Å²) in [6, 6.07) is 4.11. The van der Waals surface area contributed by atoms with Crippen molar-refractivity contribution in [1.82, 2.24) is 20.1 Å². The van der Waals surface area contributed by atoms with Crippen molar-refractivity contribution in [2.75, 3.05) is 38.5 Å². The zero-order valence-electron chi connectivity index (χ0n) is 14.2. The molecule has 2 fully saturated rings. The monoisotopic (exact) mass is 351 g/mol. The summed E-state index contributed by atoms with van der Waals surface area (Å²) in [5.41, 5.74) is 0.653. The molecular formula is C17H26ClN5O. The number of pyridine rings is 1. The average Bonchev–Trinajstić information content (AvgIpc) is 2.58. The molecule has 2 saturated heterocycles. The highest BCUT2D eigenvalue weighted by atomic mass is 35.5. The fraction of sp³-hybridized carbons (Fsp3) is 0.647. The van der Waals surface area contributed by atoms with Gasteiger partial charge < -0.3 is 15.5 Å². The van der Waals surface area contributed by atoms with E-state index >= 15 is 0 Å². The van der Waals surface area contributed by atoms with Crippen molar-refractivity contribution in [3.63, 3.8) is 0 Å². The van der Waals surface area contributed by atoms with E-state index in [1.165, 1.54) is 25.9 Å². The number of halogens is 1. The molecule has 1 atom stereocenters. The van der Waals surface area contributed by atoms with Crippen LogP contribution in [0.4, 0.5) is 10.5 Å². The fourth-order valence-electron chi connectivity index (χ4n) is 3.62. The number of carbonyl (C=O) groups excluding carboxylic acids is 1. The zero-order valence-corrected chi connectivity index (χ0v) is 14.9. The quantitative estimate of drug-likeness (QED) is 0.821. The number of piperidine rings is 2. The lowest BCUT2D eigenvalue weighted by atomic mass is 9.98. The molecule has 2 aliphatic rings. The van der Waals surface area contributed by atoms with Crippen LogP contribution in [0.3, 0.4) is 0 Å². The first-order chi connectivity index (χ1) is 11.6. The molecule has 7 heteroatoms. The van der Waals surface area contributed by atoms with Gasteiger partial charge in [0, 0.05) is 18.6 Å². The molecule has 3 heterocycles. The standard InChI is InChI=1S/C17H26ClN5O/c1-22-9-6-15(7-10-22)23-8-2-3-14(12-23)21-17(24)20-13-4-5-16(18)19-11-13/h4-5,11,14-15H,2-3,6-10,12H2,1H3,(H2,20,21,24)/t14-/m1/s1. The number of urea groups is 1. The highest BCUT2D eigenvalue weighted by Gasteiger charge is 2.28. The van der Waals surface area contributed by atoms with E-state index in [4.69, 9.17) is 11.6 Å². The first-order valence-electron chi connectivity index (χ1n) is 8.72. The highest BCUT2D eigenvalue weighted by molar-refractivity contribution is 6.29. The number of nitrogens with zero attached hydrogens (tertiary/aromatic N) is 3. The smallest absolute Gasteiger partial charge is 0.319 e. The Morgan fingerprint density at radius 3 is 2.75 bits per heavy atom. The summed E-state index contributed by atoms with van der Waals surface area (Å²) in [5.74, 6) is 0. The molecule has 1 aromatic rings. The molecule has 0 unspecified atom stereocenters. The van der Waals surface area contributed by atoms with E-state index in [-0.39, 0.29) is 12.1 Å². The molecule has 132 valence electrons. The third kappa shape index (κ3) is 4.82. The normalized spacial score (nSPS) is 23.8. The van der Waals surface area contributed by atoms with Crippen LogP contribution in [0.5, 0.6) is 0 Å². The molecular weight excluding hydrogens is 326 g/mol. The number of hydrogen-bond donors (Lipinski definition) is 2. The van der Waals surface area contributed by atoms with Crippen molar-refractivity contribution in [2.24, 2.45) is 0 Å². The zero-order chi connectivity index (χ0) is 16.9. The largest absolute Gasteiger partial charge is 0.334 e. The number of amides is 2. The van der Waals surface area contributed by atoms with Crippen molar-refractivity contribution in [1.29, 1.82) is 0 Å². The van der Waals surface area contributed by atoms with Gasteiger partial charge in [0.05, 0.1) is 11.9 Å². The van der Waals surface area contributed by atoms with Gasteiger partial charge in [0.25, 0.3) is 0 Å². The maximum Gasteiger partial charge on any atom is 0.319 e. The minimum atomic E-state index is -0.172. The third-order valence-corrected chi connectivity index (χ3v) is 5.20. The summed E-state index contributed by atoms with van der Waals surface area (Å²) in [6.45, 7) is 4.43. The van der Waals surface area contributed by atoms with Crippen LogP contribution in [0.15, 0.2) is 18.3 Å². The third-order valence-electron chi connectivity index (χ3n) is 4.98.